The number of nitrogens with two attached hydrogens (primary N) is 1. The van der Waals surface area contributed by atoms with Gasteiger partial charge in [0.25, 0.3) is 5.56 Å². The lowest BCUT2D eigenvalue weighted by atomic mass is 10.0. The third-order valence-electron chi connectivity index (χ3n) is 5.55. The maximum absolute atomic E-state index is 15.0. The highest BCUT2D eigenvalue weighted by Gasteiger charge is 2.34. The molecule has 2 fully saturated rings. The summed E-state index contributed by atoms with van der Waals surface area (Å²) in [4.78, 5) is 28.9. The summed E-state index contributed by atoms with van der Waals surface area (Å²) in [6.07, 6.45) is 3.77. The average molecular weight is 362 g/mol. The standard InChI is InChI=1S/C18H23FN4O3/c1-9(20)11-5-6-22(7-11)14-12(19)8-23-15(16(14)26-2)13(10-3-4-10)17(24)21-18(23)25/h8-11H,3-7,20H2,1-2H3,(H,21,24,25)/t9-,11?/m1/s1. The summed E-state index contributed by atoms with van der Waals surface area (Å²) in [6.45, 7) is 3.22. The first-order valence-electron chi connectivity index (χ1n) is 8.98. The molecule has 0 amide bonds. The number of anilines is 1. The Morgan fingerprint density at radius 2 is 2.08 bits per heavy atom. The van der Waals surface area contributed by atoms with Crippen molar-refractivity contribution in [1.29, 1.82) is 0 Å². The number of nitrogens with zero attached hydrogens (tertiary/aromatic N) is 2. The molecule has 0 spiro atoms. The van der Waals surface area contributed by atoms with Gasteiger partial charge in [-0.25, -0.2) is 9.18 Å². The Labute approximate surface area is 149 Å². The Morgan fingerprint density at radius 1 is 1.35 bits per heavy atom. The zero-order valence-electron chi connectivity index (χ0n) is 14.9. The molecule has 1 saturated carbocycles. The molecule has 7 nitrogen and oxygen atoms in total. The van der Waals surface area contributed by atoms with Gasteiger partial charge in [0.15, 0.2) is 11.6 Å². The second-order valence-electron chi connectivity index (χ2n) is 7.38. The number of fused-ring (bicyclic) bond motifs is 1. The minimum Gasteiger partial charge on any atom is -0.492 e. The lowest BCUT2D eigenvalue weighted by molar-refractivity contribution is 0.412. The second kappa shape index (κ2) is 6.12. The van der Waals surface area contributed by atoms with Crippen LogP contribution in [0, 0.1) is 11.7 Å². The third kappa shape index (κ3) is 2.59. The molecule has 1 unspecified atom stereocenters. The fraction of sp³-hybridized carbons (Fsp3) is 0.556. The largest absolute Gasteiger partial charge is 0.492 e. The van der Waals surface area contributed by atoms with Gasteiger partial charge in [0.05, 0.1) is 13.3 Å². The van der Waals surface area contributed by atoms with Gasteiger partial charge in [0.1, 0.15) is 11.2 Å². The number of rotatable bonds is 4. The van der Waals surface area contributed by atoms with Crippen LogP contribution in [0.4, 0.5) is 10.1 Å². The molecule has 3 N–H and O–H groups in total. The molecule has 4 rings (SSSR count). The van der Waals surface area contributed by atoms with Crippen LogP contribution < -0.4 is 26.6 Å². The Kier molecular flexibility index (Phi) is 4.02. The summed E-state index contributed by atoms with van der Waals surface area (Å²) in [5.41, 5.74) is 6.13. The van der Waals surface area contributed by atoms with E-state index in [9.17, 15) is 14.0 Å². The fourth-order valence-electron chi connectivity index (χ4n) is 3.97. The molecule has 0 bridgehead atoms. The smallest absolute Gasteiger partial charge is 0.333 e. The second-order valence-corrected chi connectivity index (χ2v) is 7.38. The average Bonchev–Trinajstić information content (AvgIpc) is 3.29. The molecule has 2 aromatic heterocycles. The van der Waals surface area contributed by atoms with Crippen molar-refractivity contribution in [2.75, 3.05) is 25.1 Å². The first kappa shape index (κ1) is 17.1. The van der Waals surface area contributed by atoms with Gasteiger partial charge in [0.2, 0.25) is 0 Å². The number of hydrogen-bond donors (Lipinski definition) is 2. The summed E-state index contributed by atoms with van der Waals surface area (Å²) in [6, 6.07) is 0.0157. The normalized spacial score (nSPS) is 21.4. The summed E-state index contributed by atoms with van der Waals surface area (Å²) in [5.74, 6) is 0.0487. The van der Waals surface area contributed by atoms with Gasteiger partial charge < -0.3 is 15.4 Å². The summed E-state index contributed by atoms with van der Waals surface area (Å²) < 4.78 is 21.7. The maximum atomic E-state index is 15.0. The number of pyridine rings is 1. The highest BCUT2D eigenvalue weighted by Crippen LogP contribution is 2.45. The molecular formula is C18H23FN4O3. The Hall–Kier alpha value is -2.35. The molecule has 1 aliphatic heterocycles. The molecule has 1 saturated heterocycles. The van der Waals surface area contributed by atoms with Crippen molar-refractivity contribution in [3.63, 3.8) is 0 Å². The van der Waals surface area contributed by atoms with Gasteiger partial charge in [-0.05, 0) is 38.0 Å². The van der Waals surface area contributed by atoms with E-state index in [0.717, 1.165) is 29.9 Å². The number of halogens is 1. The predicted octanol–water partition coefficient (Wildman–Crippen LogP) is 1.19. The quantitative estimate of drug-likeness (QED) is 0.852. The van der Waals surface area contributed by atoms with E-state index in [1.165, 1.54) is 7.11 Å². The van der Waals surface area contributed by atoms with E-state index in [4.69, 9.17) is 10.5 Å². The molecule has 8 heteroatoms. The Morgan fingerprint density at radius 3 is 2.65 bits per heavy atom. The Bertz CT molecular complexity index is 977. The van der Waals surface area contributed by atoms with Crippen LogP contribution in [0.1, 0.15) is 37.7 Å². The monoisotopic (exact) mass is 362 g/mol. The van der Waals surface area contributed by atoms with Gasteiger partial charge in [0, 0.05) is 24.7 Å². The molecular weight excluding hydrogens is 339 g/mol. The van der Waals surface area contributed by atoms with Gasteiger partial charge in [-0.3, -0.25) is 14.2 Å². The van der Waals surface area contributed by atoms with Crippen LogP contribution in [0.2, 0.25) is 0 Å². The van der Waals surface area contributed by atoms with Crippen molar-refractivity contribution in [2.24, 2.45) is 11.7 Å². The summed E-state index contributed by atoms with van der Waals surface area (Å²) >= 11 is 0. The van der Waals surface area contributed by atoms with Crippen molar-refractivity contribution in [3.8, 4) is 5.75 Å². The minimum absolute atomic E-state index is 0.0157. The van der Waals surface area contributed by atoms with E-state index in [1.807, 2.05) is 11.8 Å². The van der Waals surface area contributed by atoms with Gasteiger partial charge in [-0.1, -0.05) is 0 Å². The van der Waals surface area contributed by atoms with Crippen molar-refractivity contribution in [3.05, 3.63) is 38.4 Å². The number of aromatic nitrogens is 2. The van der Waals surface area contributed by atoms with Crippen LogP contribution in [0.15, 0.2) is 15.8 Å². The van der Waals surface area contributed by atoms with Gasteiger partial charge in [-0.15, -0.1) is 0 Å². The van der Waals surface area contributed by atoms with Crippen LogP contribution >= 0.6 is 0 Å². The highest BCUT2D eigenvalue weighted by atomic mass is 19.1. The number of nitrogens with one attached hydrogen (secondary N) is 1. The number of methoxy groups -OCH3 is 1. The zero-order valence-corrected chi connectivity index (χ0v) is 14.9. The molecule has 3 heterocycles. The van der Waals surface area contributed by atoms with Crippen molar-refractivity contribution >= 4 is 11.2 Å². The molecule has 2 aromatic rings. The SMILES string of the molecule is COc1c(N2CCC([C@@H](C)N)C2)c(F)cn2c(=O)[nH]c(=O)c(C3CC3)c12. The third-order valence-corrected chi connectivity index (χ3v) is 5.55. The van der Waals surface area contributed by atoms with Crippen molar-refractivity contribution in [2.45, 2.75) is 38.1 Å². The molecule has 0 aromatic carbocycles. The molecule has 2 atom stereocenters. The minimum atomic E-state index is -0.659. The van der Waals surface area contributed by atoms with Crippen molar-refractivity contribution in [1.82, 2.24) is 9.38 Å². The van der Waals surface area contributed by atoms with Crippen LogP contribution in [0.3, 0.4) is 0 Å². The zero-order chi connectivity index (χ0) is 18.6. The molecule has 0 radical (unpaired) electrons. The van der Waals surface area contributed by atoms with E-state index in [2.05, 4.69) is 4.98 Å². The van der Waals surface area contributed by atoms with E-state index in [-0.39, 0.29) is 23.6 Å². The van der Waals surface area contributed by atoms with Crippen LogP contribution in [-0.4, -0.2) is 35.6 Å². The first-order valence-corrected chi connectivity index (χ1v) is 8.98. The number of H-pyrrole nitrogens is 1. The molecule has 26 heavy (non-hydrogen) atoms. The first-order chi connectivity index (χ1) is 12.4. The van der Waals surface area contributed by atoms with E-state index in [1.54, 1.807) is 0 Å². The summed E-state index contributed by atoms with van der Waals surface area (Å²) in [5, 5.41) is 0. The topological polar surface area (TPSA) is 92.8 Å². The number of ether oxygens (including phenoxy) is 1. The van der Waals surface area contributed by atoms with E-state index < -0.39 is 17.1 Å². The number of hydrogen-bond acceptors (Lipinski definition) is 5. The summed E-state index contributed by atoms with van der Waals surface area (Å²) in [7, 11) is 1.44. The van der Waals surface area contributed by atoms with Crippen LogP contribution in [-0.2, 0) is 0 Å². The van der Waals surface area contributed by atoms with E-state index in [0.29, 0.717) is 29.9 Å². The maximum Gasteiger partial charge on any atom is 0.333 e. The molecule has 1 aliphatic carbocycles. The Balaban J connectivity index is 1.97. The van der Waals surface area contributed by atoms with Crippen LogP contribution in [0.25, 0.3) is 5.52 Å². The van der Waals surface area contributed by atoms with E-state index >= 15 is 0 Å². The fourth-order valence-corrected chi connectivity index (χ4v) is 3.97. The van der Waals surface area contributed by atoms with Gasteiger partial charge >= 0.3 is 5.69 Å². The van der Waals surface area contributed by atoms with Crippen LogP contribution in [0.5, 0.6) is 5.75 Å². The highest BCUT2D eigenvalue weighted by molar-refractivity contribution is 5.78. The van der Waals surface area contributed by atoms with Crippen molar-refractivity contribution < 1.29 is 9.13 Å². The number of aromatic amines is 1. The molecule has 2 aliphatic rings. The lowest BCUT2D eigenvalue weighted by Crippen LogP contribution is -2.32. The lowest BCUT2D eigenvalue weighted by Gasteiger charge is -2.24. The molecule has 140 valence electrons. The van der Waals surface area contributed by atoms with Gasteiger partial charge in [-0.2, -0.15) is 0 Å². The predicted molar refractivity (Wildman–Crippen MR) is 96.7 cm³/mol.